The van der Waals surface area contributed by atoms with E-state index in [1.54, 1.807) is 0 Å². The summed E-state index contributed by atoms with van der Waals surface area (Å²) in [6.45, 7) is 1.52. The van der Waals surface area contributed by atoms with Gasteiger partial charge < -0.3 is 11.1 Å². The molecule has 0 aromatic carbocycles. The molecule has 0 fully saturated rings. The Labute approximate surface area is 87.6 Å². The van der Waals surface area contributed by atoms with Crippen LogP contribution in [0.15, 0.2) is 0 Å². The maximum atomic E-state index is 6.67. The van der Waals surface area contributed by atoms with Crippen LogP contribution in [0.2, 0.25) is 0 Å². The summed E-state index contributed by atoms with van der Waals surface area (Å²) < 4.78 is 0. The monoisotopic (exact) mass is 126 g/mol. The third-order valence-corrected chi connectivity index (χ3v) is 0.604. The zero-order valence-electron chi connectivity index (χ0n) is 5.12. The van der Waals surface area contributed by atoms with E-state index in [0.29, 0.717) is 6.54 Å². The van der Waals surface area contributed by atoms with Crippen molar-refractivity contribution < 1.29 is 51.4 Å². The van der Waals surface area contributed by atoms with Crippen molar-refractivity contribution in [2.45, 2.75) is 6.42 Å². The summed E-state index contributed by atoms with van der Waals surface area (Å²) in [5.74, 6) is 0. The average Bonchev–Trinajstić information content (AvgIpc) is 1.61. The molecule has 0 spiro atoms. The first-order valence-electron chi connectivity index (χ1n) is 2.21. The molecule has 0 heterocycles. The van der Waals surface area contributed by atoms with Gasteiger partial charge in [0.25, 0.3) is 0 Å². The maximum absolute atomic E-state index is 6.67. The molecule has 0 amide bonds. The zero-order chi connectivity index (χ0) is 4.83. The standard InChI is InChI=1S/C4H11N2.K/c1-6-4-2-3-5;/h5-6H,2-4H2,1H3;/q-1;+1. The first-order valence-corrected chi connectivity index (χ1v) is 2.21. The normalized spacial score (nSPS) is 7.71. The average molecular weight is 126 g/mol. The summed E-state index contributed by atoms with van der Waals surface area (Å²) in [6.07, 6.45) is 0.969. The van der Waals surface area contributed by atoms with Gasteiger partial charge in [-0.15, -0.1) is 6.54 Å². The van der Waals surface area contributed by atoms with Crippen LogP contribution in [0.3, 0.4) is 0 Å². The second-order valence-electron chi connectivity index (χ2n) is 1.21. The zero-order valence-corrected chi connectivity index (χ0v) is 8.24. The van der Waals surface area contributed by atoms with E-state index in [0.717, 1.165) is 13.0 Å². The van der Waals surface area contributed by atoms with Crippen molar-refractivity contribution in [1.82, 2.24) is 5.32 Å². The molecule has 3 heteroatoms. The Morgan fingerprint density at radius 2 is 2.14 bits per heavy atom. The van der Waals surface area contributed by atoms with Gasteiger partial charge in [-0.25, -0.2) is 0 Å². The first-order chi connectivity index (χ1) is 2.91. The van der Waals surface area contributed by atoms with Crippen LogP contribution < -0.4 is 56.7 Å². The summed E-state index contributed by atoms with van der Waals surface area (Å²) in [5.41, 5.74) is 6.67. The minimum Gasteiger partial charge on any atom is -0.677 e. The maximum Gasteiger partial charge on any atom is 1.00 e. The molecule has 0 bridgehead atoms. The summed E-state index contributed by atoms with van der Waals surface area (Å²) >= 11 is 0. The molecule has 0 saturated heterocycles. The van der Waals surface area contributed by atoms with Crippen molar-refractivity contribution in [3.05, 3.63) is 5.73 Å². The van der Waals surface area contributed by atoms with Crippen LogP contribution >= 0.6 is 0 Å². The van der Waals surface area contributed by atoms with Gasteiger partial charge in [-0.2, -0.15) is 0 Å². The molecule has 7 heavy (non-hydrogen) atoms. The molecule has 0 aliphatic heterocycles. The van der Waals surface area contributed by atoms with Crippen molar-refractivity contribution in [2.75, 3.05) is 20.1 Å². The summed E-state index contributed by atoms with van der Waals surface area (Å²) in [7, 11) is 1.90. The fourth-order valence-corrected chi connectivity index (χ4v) is 0.265. The minimum atomic E-state index is 0. The predicted octanol–water partition coefficient (Wildman–Crippen LogP) is -2.35. The molecule has 0 rings (SSSR count). The second-order valence-corrected chi connectivity index (χ2v) is 1.21. The molecule has 0 atom stereocenters. The second kappa shape index (κ2) is 10.5. The Morgan fingerprint density at radius 1 is 1.57 bits per heavy atom. The Bertz CT molecular complexity index is 21.7. The van der Waals surface area contributed by atoms with Crippen LogP contribution in [0.4, 0.5) is 0 Å². The first kappa shape index (κ1) is 11.4. The Balaban J connectivity index is 0. The Kier molecular flexibility index (Phi) is 17.1. The molecule has 0 aliphatic carbocycles. The van der Waals surface area contributed by atoms with Crippen LogP contribution in [0.1, 0.15) is 6.42 Å². The summed E-state index contributed by atoms with van der Waals surface area (Å²) in [6, 6.07) is 0. The Morgan fingerprint density at radius 3 is 2.29 bits per heavy atom. The van der Waals surface area contributed by atoms with Crippen molar-refractivity contribution in [1.29, 1.82) is 0 Å². The van der Waals surface area contributed by atoms with Gasteiger partial charge in [-0.05, 0) is 13.6 Å². The van der Waals surface area contributed by atoms with E-state index in [1.165, 1.54) is 0 Å². The number of hydrogen-bond acceptors (Lipinski definition) is 1. The molecular formula is C4H11KN2. The van der Waals surface area contributed by atoms with Gasteiger partial charge in [0.05, 0.1) is 0 Å². The fourth-order valence-electron chi connectivity index (χ4n) is 0.265. The van der Waals surface area contributed by atoms with Crippen LogP contribution in [-0.4, -0.2) is 20.1 Å². The molecule has 0 aliphatic rings. The van der Waals surface area contributed by atoms with Crippen molar-refractivity contribution in [3.8, 4) is 0 Å². The summed E-state index contributed by atoms with van der Waals surface area (Å²) in [5, 5.41) is 2.95. The summed E-state index contributed by atoms with van der Waals surface area (Å²) in [4.78, 5) is 0. The van der Waals surface area contributed by atoms with Gasteiger partial charge in [0.1, 0.15) is 0 Å². The number of hydrogen-bond donors (Lipinski definition) is 1. The quantitative estimate of drug-likeness (QED) is 0.334. The molecule has 38 valence electrons. The van der Waals surface area contributed by atoms with E-state index in [2.05, 4.69) is 5.32 Å². The molecule has 0 unspecified atom stereocenters. The topological polar surface area (TPSA) is 35.8 Å². The minimum absolute atomic E-state index is 0. The van der Waals surface area contributed by atoms with Crippen LogP contribution in [0.25, 0.3) is 5.73 Å². The van der Waals surface area contributed by atoms with Crippen LogP contribution in [0, 0.1) is 0 Å². The molecule has 2 N–H and O–H groups in total. The van der Waals surface area contributed by atoms with Gasteiger partial charge >= 0.3 is 51.4 Å². The van der Waals surface area contributed by atoms with E-state index in [1.807, 2.05) is 7.05 Å². The van der Waals surface area contributed by atoms with Crippen molar-refractivity contribution in [2.24, 2.45) is 0 Å². The van der Waals surface area contributed by atoms with E-state index in [9.17, 15) is 0 Å². The molecule has 2 nitrogen and oxygen atoms in total. The third kappa shape index (κ3) is 11.2. The third-order valence-electron chi connectivity index (χ3n) is 0.604. The van der Waals surface area contributed by atoms with Gasteiger partial charge in [0, 0.05) is 0 Å². The fraction of sp³-hybridized carbons (Fsp3) is 1.00. The molecular weight excluding hydrogens is 115 g/mol. The van der Waals surface area contributed by atoms with E-state index in [-0.39, 0.29) is 51.4 Å². The Hall–Kier alpha value is 1.56. The van der Waals surface area contributed by atoms with Crippen molar-refractivity contribution in [3.63, 3.8) is 0 Å². The molecule has 0 aromatic rings. The van der Waals surface area contributed by atoms with Gasteiger partial charge in [-0.1, -0.05) is 6.42 Å². The largest absolute Gasteiger partial charge is 1.00 e. The SMILES string of the molecule is CNCCC[NH-].[K+]. The molecule has 0 radical (unpaired) electrons. The van der Waals surface area contributed by atoms with Gasteiger partial charge in [-0.3, -0.25) is 0 Å². The number of nitrogens with one attached hydrogen (secondary N) is 2. The number of rotatable bonds is 3. The molecule has 0 saturated carbocycles. The molecule has 0 aromatic heterocycles. The van der Waals surface area contributed by atoms with Crippen LogP contribution in [-0.2, 0) is 0 Å². The van der Waals surface area contributed by atoms with E-state index < -0.39 is 0 Å². The van der Waals surface area contributed by atoms with Gasteiger partial charge in [0.15, 0.2) is 0 Å². The van der Waals surface area contributed by atoms with Gasteiger partial charge in [0.2, 0.25) is 0 Å². The van der Waals surface area contributed by atoms with Crippen LogP contribution in [0.5, 0.6) is 0 Å². The van der Waals surface area contributed by atoms with E-state index in [4.69, 9.17) is 5.73 Å². The predicted molar refractivity (Wildman–Crippen MR) is 27.7 cm³/mol. The van der Waals surface area contributed by atoms with Crippen molar-refractivity contribution >= 4 is 0 Å². The van der Waals surface area contributed by atoms with E-state index >= 15 is 0 Å². The smallest absolute Gasteiger partial charge is 0.677 e.